The Kier molecular flexibility index (Phi) is 3.13. The third-order valence-electron chi connectivity index (χ3n) is 6.08. The van der Waals surface area contributed by atoms with Crippen molar-refractivity contribution in [3.05, 3.63) is 22.7 Å². The predicted molar refractivity (Wildman–Crippen MR) is 82.8 cm³/mol. The fourth-order valence-corrected chi connectivity index (χ4v) is 5.59. The Hall–Kier alpha value is -0.930. The molecule has 4 rings (SSSR count). The van der Waals surface area contributed by atoms with Gasteiger partial charge in [0.2, 0.25) is 0 Å². The molecule has 3 fully saturated rings. The van der Waals surface area contributed by atoms with Gasteiger partial charge < -0.3 is 15.2 Å². The van der Waals surface area contributed by atoms with E-state index in [9.17, 15) is 0 Å². The smallest absolute Gasteiger partial charge is 0.146 e. The van der Waals surface area contributed by atoms with Crippen LogP contribution < -0.4 is 15.2 Å². The monoisotopic (exact) mass is 307 g/mol. The van der Waals surface area contributed by atoms with Crippen LogP contribution >= 0.6 is 11.6 Å². The first-order chi connectivity index (χ1) is 10.2. The quantitative estimate of drug-likeness (QED) is 0.923. The normalized spacial score (nSPS) is 37.2. The van der Waals surface area contributed by atoms with Crippen molar-refractivity contribution < 1.29 is 9.47 Å². The zero-order valence-corrected chi connectivity index (χ0v) is 13.3. The molecule has 0 amide bonds. The largest absolute Gasteiger partial charge is 0.495 e. The summed E-state index contributed by atoms with van der Waals surface area (Å²) in [7, 11) is 3.26. The summed E-state index contributed by atoms with van der Waals surface area (Å²) >= 11 is 6.37. The van der Waals surface area contributed by atoms with E-state index in [1.807, 2.05) is 12.1 Å². The average Bonchev–Trinajstić information content (AvgIpc) is 2.93. The zero-order valence-electron chi connectivity index (χ0n) is 12.5. The van der Waals surface area contributed by atoms with E-state index in [0.717, 1.165) is 29.2 Å². The second kappa shape index (κ2) is 4.79. The van der Waals surface area contributed by atoms with Crippen LogP contribution in [0.1, 0.15) is 30.9 Å². The molecule has 3 aliphatic rings. The van der Waals surface area contributed by atoms with Crippen molar-refractivity contribution in [2.24, 2.45) is 35.3 Å². The number of ether oxygens (including phenoxy) is 2. The third kappa shape index (κ3) is 1.83. The van der Waals surface area contributed by atoms with Gasteiger partial charge in [-0.25, -0.2) is 0 Å². The van der Waals surface area contributed by atoms with Crippen LogP contribution in [0.25, 0.3) is 0 Å². The minimum Gasteiger partial charge on any atom is -0.495 e. The first-order valence-corrected chi connectivity index (χ1v) is 8.21. The van der Waals surface area contributed by atoms with Crippen molar-refractivity contribution in [2.45, 2.75) is 25.3 Å². The molecule has 0 spiro atoms. The van der Waals surface area contributed by atoms with Gasteiger partial charge in [-0.15, -0.1) is 0 Å². The van der Waals surface area contributed by atoms with Gasteiger partial charge in [0.25, 0.3) is 0 Å². The molecule has 1 aromatic carbocycles. The zero-order chi connectivity index (χ0) is 14.7. The molecule has 0 aromatic heterocycles. The van der Waals surface area contributed by atoms with Crippen molar-refractivity contribution in [3.8, 4) is 11.5 Å². The van der Waals surface area contributed by atoms with Crippen LogP contribution in [0.15, 0.2) is 12.1 Å². The highest BCUT2D eigenvalue weighted by Crippen LogP contribution is 2.72. The van der Waals surface area contributed by atoms with Gasteiger partial charge >= 0.3 is 0 Å². The van der Waals surface area contributed by atoms with Crippen molar-refractivity contribution >= 4 is 11.6 Å². The molecule has 0 heterocycles. The molecule has 5 unspecified atom stereocenters. The number of hydrogen-bond donors (Lipinski definition) is 1. The summed E-state index contributed by atoms with van der Waals surface area (Å²) in [5, 5.41) is 0.529. The van der Waals surface area contributed by atoms with E-state index in [-0.39, 0.29) is 6.04 Å². The second-order valence-electron chi connectivity index (χ2n) is 6.80. The Balaban J connectivity index is 1.64. The Morgan fingerprint density at radius 1 is 1.14 bits per heavy atom. The van der Waals surface area contributed by atoms with Crippen LogP contribution in [0, 0.1) is 29.6 Å². The Morgan fingerprint density at radius 3 is 2.38 bits per heavy atom. The molecule has 2 N–H and O–H groups in total. The van der Waals surface area contributed by atoms with Crippen molar-refractivity contribution in [3.63, 3.8) is 0 Å². The minimum atomic E-state index is 0.0294. The number of benzene rings is 1. The van der Waals surface area contributed by atoms with Crippen molar-refractivity contribution in [2.75, 3.05) is 14.2 Å². The maximum absolute atomic E-state index is 6.60. The van der Waals surface area contributed by atoms with Gasteiger partial charge in [0, 0.05) is 11.6 Å². The maximum atomic E-state index is 6.60. The number of hydrogen-bond acceptors (Lipinski definition) is 3. The molecule has 21 heavy (non-hydrogen) atoms. The molecule has 1 aromatic rings. The van der Waals surface area contributed by atoms with Gasteiger partial charge in [-0.2, -0.15) is 0 Å². The summed E-state index contributed by atoms with van der Waals surface area (Å²) in [6, 6.07) is 3.94. The summed E-state index contributed by atoms with van der Waals surface area (Å²) in [5.41, 5.74) is 7.63. The SMILES string of the molecule is COc1ccc(C(N)C2C3C4CCC(C4)C32)c(OC)c1Cl. The number of methoxy groups -OCH3 is 2. The van der Waals surface area contributed by atoms with Gasteiger partial charge in [0.05, 0.1) is 14.2 Å². The fourth-order valence-electron chi connectivity index (χ4n) is 5.26. The molecule has 2 bridgehead atoms. The van der Waals surface area contributed by atoms with E-state index in [1.165, 1.54) is 19.3 Å². The second-order valence-corrected chi connectivity index (χ2v) is 7.17. The van der Waals surface area contributed by atoms with E-state index >= 15 is 0 Å². The highest BCUT2D eigenvalue weighted by Gasteiger charge is 2.66. The molecule has 0 radical (unpaired) electrons. The van der Waals surface area contributed by atoms with Gasteiger partial charge in [-0.05, 0) is 61.0 Å². The molecule has 114 valence electrons. The van der Waals surface area contributed by atoms with Crippen molar-refractivity contribution in [1.29, 1.82) is 0 Å². The van der Waals surface area contributed by atoms with Crippen LogP contribution in [0.3, 0.4) is 0 Å². The van der Waals surface area contributed by atoms with Gasteiger partial charge in [-0.1, -0.05) is 11.6 Å². The number of fused-ring (bicyclic) bond motifs is 5. The minimum absolute atomic E-state index is 0.0294. The van der Waals surface area contributed by atoms with Gasteiger partial charge in [-0.3, -0.25) is 0 Å². The summed E-state index contributed by atoms with van der Waals surface area (Å²) in [4.78, 5) is 0. The third-order valence-corrected chi connectivity index (χ3v) is 6.44. The molecule has 0 aliphatic heterocycles. The van der Waals surface area contributed by atoms with Crippen LogP contribution in [-0.4, -0.2) is 14.2 Å². The molecule has 4 heteroatoms. The first-order valence-electron chi connectivity index (χ1n) is 7.83. The van der Waals surface area contributed by atoms with Gasteiger partial charge in [0.15, 0.2) is 0 Å². The lowest BCUT2D eigenvalue weighted by molar-refractivity contribution is 0.375. The Bertz CT molecular complexity index is 560. The van der Waals surface area contributed by atoms with E-state index in [4.69, 9.17) is 26.8 Å². The lowest BCUT2D eigenvalue weighted by Crippen LogP contribution is -2.18. The van der Waals surface area contributed by atoms with E-state index in [0.29, 0.717) is 22.4 Å². The van der Waals surface area contributed by atoms with Crippen LogP contribution in [0.2, 0.25) is 5.02 Å². The average molecular weight is 308 g/mol. The molecule has 3 aliphatic carbocycles. The molecule has 3 saturated carbocycles. The molecule has 0 saturated heterocycles. The standard InChI is InChI=1S/C17H22ClNO2/c1-20-11-6-5-10(17(21-2)15(11)18)16(19)14-12-8-3-4-9(7-8)13(12)14/h5-6,8-9,12-14,16H,3-4,7,19H2,1-2H3. The van der Waals surface area contributed by atoms with E-state index in [1.54, 1.807) is 14.2 Å². The van der Waals surface area contributed by atoms with E-state index < -0.39 is 0 Å². The highest BCUT2D eigenvalue weighted by atomic mass is 35.5. The van der Waals surface area contributed by atoms with Crippen LogP contribution in [0.5, 0.6) is 11.5 Å². The lowest BCUT2D eigenvalue weighted by Gasteiger charge is -2.20. The van der Waals surface area contributed by atoms with Crippen LogP contribution in [-0.2, 0) is 0 Å². The van der Waals surface area contributed by atoms with E-state index in [2.05, 4.69) is 0 Å². The molecule has 5 atom stereocenters. The first kappa shape index (κ1) is 13.7. The summed E-state index contributed by atoms with van der Waals surface area (Å²) in [6.07, 6.45) is 4.27. The summed E-state index contributed by atoms with van der Waals surface area (Å²) < 4.78 is 10.8. The lowest BCUT2D eigenvalue weighted by atomic mass is 9.93. The Labute approximate surface area is 130 Å². The number of rotatable bonds is 4. The molecular weight excluding hydrogens is 286 g/mol. The molecular formula is C17H22ClNO2. The fraction of sp³-hybridized carbons (Fsp3) is 0.647. The topological polar surface area (TPSA) is 44.5 Å². The number of nitrogens with two attached hydrogens (primary N) is 1. The maximum Gasteiger partial charge on any atom is 0.146 e. The summed E-state index contributed by atoms with van der Waals surface area (Å²) in [5.74, 6) is 5.50. The predicted octanol–water partition coefficient (Wildman–Crippen LogP) is 3.65. The molecule has 3 nitrogen and oxygen atoms in total. The van der Waals surface area contributed by atoms with Crippen molar-refractivity contribution in [1.82, 2.24) is 0 Å². The highest BCUT2D eigenvalue weighted by molar-refractivity contribution is 6.33. The summed E-state index contributed by atoms with van der Waals surface area (Å²) in [6.45, 7) is 0. The number of halogens is 1. The van der Waals surface area contributed by atoms with Crippen LogP contribution in [0.4, 0.5) is 0 Å². The van der Waals surface area contributed by atoms with Gasteiger partial charge in [0.1, 0.15) is 16.5 Å². The Morgan fingerprint density at radius 2 is 1.81 bits per heavy atom.